The van der Waals surface area contributed by atoms with Gasteiger partial charge in [-0.1, -0.05) is 24.3 Å². The number of carbonyl (C=O) groups is 1. The van der Waals surface area contributed by atoms with Crippen LogP contribution in [0.3, 0.4) is 0 Å². The van der Waals surface area contributed by atoms with Crippen LogP contribution in [0.1, 0.15) is 33.6 Å². The number of aromatic nitrogens is 2. The van der Waals surface area contributed by atoms with Crippen LogP contribution in [0, 0.1) is 0 Å². The van der Waals surface area contributed by atoms with Crippen LogP contribution in [0.4, 0.5) is 0 Å². The van der Waals surface area contributed by atoms with Crippen molar-refractivity contribution in [3.8, 4) is 5.75 Å². The van der Waals surface area contributed by atoms with Crippen LogP contribution in [0.5, 0.6) is 5.75 Å². The summed E-state index contributed by atoms with van der Waals surface area (Å²) in [6, 6.07) is 15.1. The minimum Gasteiger partial charge on any atom is -0.497 e. The second-order valence-electron chi connectivity index (χ2n) is 9.35. The van der Waals surface area contributed by atoms with Gasteiger partial charge in [0.15, 0.2) is 0 Å². The maximum atomic E-state index is 13.3. The van der Waals surface area contributed by atoms with Crippen molar-refractivity contribution in [2.75, 3.05) is 20.2 Å². The smallest absolute Gasteiger partial charge is 0.332 e. The number of sulfonamides is 1. The van der Waals surface area contributed by atoms with Crippen molar-refractivity contribution < 1.29 is 17.9 Å². The average Bonchev–Trinajstić information content (AvgIpc) is 3.65. The van der Waals surface area contributed by atoms with Crippen LogP contribution in [-0.2, 0) is 30.2 Å². The van der Waals surface area contributed by atoms with Gasteiger partial charge in [-0.3, -0.25) is 18.7 Å². The van der Waals surface area contributed by atoms with Crippen molar-refractivity contribution in [3.05, 3.63) is 91.4 Å². The molecule has 3 heterocycles. The molecule has 0 bridgehead atoms. The predicted molar refractivity (Wildman–Crippen MR) is 149 cm³/mol. The van der Waals surface area contributed by atoms with Crippen LogP contribution in [0.15, 0.2) is 69.1 Å². The van der Waals surface area contributed by atoms with Crippen molar-refractivity contribution >= 4 is 37.5 Å². The number of hydrogen-bond donors (Lipinski definition) is 1. The van der Waals surface area contributed by atoms with E-state index in [0.717, 1.165) is 34.3 Å². The first-order chi connectivity index (χ1) is 18.7. The van der Waals surface area contributed by atoms with Crippen molar-refractivity contribution in [1.82, 2.24) is 18.8 Å². The number of methoxy groups -OCH3 is 1. The largest absolute Gasteiger partial charge is 0.497 e. The van der Waals surface area contributed by atoms with E-state index in [1.54, 1.807) is 26.3 Å². The Bertz CT molecular complexity index is 1760. The summed E-state index contributed by atoms with van der Waals surface area (Å²) in [7, 11) is -0.429. The Balaban J connectivity index is 1.38. The normalized spacial score (nSPS) is 14.1. The molecule has 0 radical (unpaired) electrons. The number of nitrogens with zero attached hydrogens (tertiary/aromatic N) is 3. The van der Waals surface area contributed by atoms with Gasteiger partial charge in [-0.25, -0.2) is 13.2 Å². The lowest BCUT2D eigenvalue weighted by Gasteiger charge is -2.15. The number of amides is 1. The van der Waals surface area contributed by atoms with Crippen molar-refractivity contribution in [1.29, 1.82) is 0 Å². The first kappa shape index (κ1) is 26.9. The molecule has 1 aliphatic rings. The molecular formula is C27H28N4O6S2. The molecule has 39 heavy (non-hydrogen) atoms. The molecule has 10 nitrogen and oxygen atoms in total. The Hall–Kier alpha value is -3.74. The fourth-order valence-corrected chi connectivity index (χ4v) is 7.15. The summed E-state index contributed by atoms with van der Waals surface area (Å²) < 4.78 is 34.7. The molecule has 1 aliphatic heterocycles. The van der Waals surface area contributed by atoms with Gasteiger partial charge in [0.2, 0.25) is 10.0 Å². The van der Waals surface area contributed by atoms with E-state index in [-0.39, 0.29) is 29.3 Å². The number of carbonyl (C=O) groups excluding carboxylic acids is 1. The van der Waals surface area contributed by atoms with Gasteiger partial charge in [0, 0.05) is 26.7 Å². The van der Waals surface area contributed by atoms with Crippen LogP contribution in [0.2, 0.25) is 0 Å². The number of rotatable bonds is 8. The lowest BCUT2D eigenvalue weighted by molar-refractivity contribution is 0.0955. The van der Waals surface area contributed by atoms with Crippen molar-refractivity contribution in [2.24, 2.45) is 7.05 Å². The molecule has 0 atom stereocenters. The first-order valence-corrected chi connectivity index (χ1v) is 14.7. The van der Waals surface area contributed by atoms with E-state index in [1.807, 2.05) is 24.3 Å². The van der Waals surface area contributed by atoms with Gasteiger partial charge in [-0.05, 0) is 54.3 Å². The lowest BCUT2D eigenvalue weighted by Crippen LogP contribution is -2.38. The zero-order valence-corrected chi connectivity index (χ0v) is 23.2. The average molecular weight is 569 g/mol. The van der Waals surface area contributed by atoms with Gasteiger partial charge >= 0.3 is 5.69 Å². The highest BCUT2D eigenvalue weighted by atomic mass is 32.2. The number of benzene rings is 2. The Labute approximate surface area is 229 Å². The maximum absolute atomic E-state index is 13.3. The third kappa shape index (κ3) is 5.27. The summed E-state index contributed by atoms with van der Waals surface area (Å²) in [5, 5.41) is 3.11. The van der Waals surface area contributed by atoms with Crippen LogP contribution in [0.25, 0.3) is 10.2 Å². The van der Waals surface area contributed by atoms with Crippen molar-refractivity contribution in [2.45, 2.75) is 30.8 Å². The molecule has 0 spiro atoms. The van der Waals surface area contributed by atoms with Crippen molar-refractivity contribution in [3.63, 3.8) is 0 Å². The second kappa shape index (κ2) is 10.8. The zero-order valence-electron chi connectivity index (χ0n) is 21.5. The summed E-state index contributed by atoms with van der Waals surface area (Å²) in [5.74, 6) is 0.328. The van der Waals surface area contributed by atoms with E-state index in [1.165, 1.54) is 27.1 Å². The summed E-state index contributed by atoms with van der Waals surface area (Å²) >= 11 is 1.08. The summed E-state index contributed by atoms with van der Waals surface area (Å²) in [6.07, 6.45) is 1.69. The summed E-state index contributed by atoms with van der Waals surface area (Å²) in [5.41, 5.74) is 0.439. The molecule has 1 saturated heterocycles. The number of thiophene rings is 1. The van der Waals surface area contributed by atoms with Gasteiger partial charge in [-0.15, -0.1) is 11.3 Å². The molecule has 1 fully saturated rings. The fraction of sp³-hybridized carbons (Fsp3) is 0.296. The third-order valence-electron chi connectivity index (χ3n) is 6.79. The minimum atomic E-state index is -3.56. The van der Waals surface area contributed by atoms with E-state index in [0.29, 0.717) is 34.1 Å². The first-order valence-electron chi connectivity index (χ1n) is 12.4. The molecule has 4 aromatic rings. The minimum absolute atomic E-state index is 0.0291. The highest BCUT2D eigenvalue weighted by Crippen LogP contribution is 2.23. The lowest BCUT2D eigenvalue weighted by atomic mass is 10.2. The molecule has 1 amide bonds. The van der Waals surface area contributed by atoms with E-state index in [2.05, 4.69) is 5.32 Å². The highest BCUT2D eigenvalue weighted by Gasteiger charge is 2.27. The SMILES string of the molecule is COc1cccc(CNC(=O)c2cc3c(=O)n(Cc4ccc(S(=O)(=O)N5CCCC5)cc4)c(=O)n(C)c3s2)c1. The number of nitrogens with one attached hydrogen (secondary N) is 1. The highest BCUT2D eigenvalue weighted by molar-refractivity contribution is 7.89. The van der Waals surface area contributed by atoms with E-state index in [9.17, 15) is 22.8 Å². The maximum Gasteiger partial charge on any atom is 0.332 e. The Morgan fingerprint density at radius 2 is 1.74 bits per heavy atom. The molecule has 0 aliphatic carbocycles. The second-order valence-corrected chi connectivity index (χ2v) is 12.3. The standard InChI is InChI=1S/C27H28N4O6S2/c1-29-26-22(15-23(38-26)24(32)28-16-19-6-5-7-20(14-19)37-2)25(33)31(27(29)34)17-18-8-10-21(11-9-18)39(35,36)30-12-3-4-13-30/h5-11,14-15H,3-4,12-13,16-17H2,1-2H3,(H,28,32). The third-order valence-corrected chi connectivity index (χ3v) is 9.91. The molecule has 12 heteroatoms. The fourth-order valence-electron chi connectivity index (χ4n) is 4.61. The van der Waals surface area contributed by atoms with Gasteiger partial charge < -0.3 is 10.1 Å². The molecule has 0 saturated carbocycles. The zero-order chi connectivity index (χ0) is 27.7. The number of hydrogen-bond acceptors (Lipinski definition) is 7. The van der Waals surface area contributed by atoms with Crippen LogP contribution in [-0.4, -0.2) is 48.0 Å². The summed E-state index contributed by atoms with van der Waals surface area (Å²) in [6.45, 7) is 1.27. The summed E-state index contributed by atoms with van der Waals surface area (Å²) in [4.78, 5) is 40.1. The number of aryl methyl sites for hydroxylation is 1. The quantitative estimate of drug-likeness (QED) is 0.349. The molecule has 204 valence electrons. The topological polar surface area (TPSA) is 120 Å². The Morgan fingerprint density at radius 1 is 1.03 bits per heavy atom. The van der Waals surface area contributed by atoms with Crippen LogP contribution >= 0.6 is 11.3 Å². The van der Waals surface area contributed by atoms with E-state index in [4.69, 9.17) is 4.74 Å². The van der Waals surface area contributed by atoms with E-state index >= 15 is 0 Å². The van der Waals surface area contributed by atoms with Gasteiger partial charge in [-0.2, -0.15) is 4.31 Å². The predicted octanol–water partition coefficient (Wildman–Crippen LogP) is 2.53. The monoisotopic (exact) mass is 568 g/mol. The Kier molecular flexibility index (Phi) is 7.43. The molecule has 2 aromatic heterocycles. The van der Waals surface area contributed by atoms with Gasteiger partial charge in [0.1, 0.15) is 10.6 Å². The number of ether oxygens (including phenoxy) is 1. The molecule has 2 aromatic carbocycles. The number of fused-ring (bicyclic) bond motifs is 1. The Morgan fingerprint density at radius 3 is 2.44 bits per heavy atom. The molecule has 1 N–H and O–H groups in total. The molecular weight excluding hydrogens is 540 g/mol. The van der Waals surface area contributed by atoms with Crippen LogP contribution < -0.4 is 21.3 Å². The molecule has 5 rings (SSSR count). The van der Waals surface area contributed by atoms with Gasteiger partial charge in [0.05, 0.1) is 28.8 Å². The molecule has 0 unspecified atom stereocenters. The van der Waals surface area contributed by atoms with E-state index < -0.39 is 21.3 Å². The van der Waals surface area contributed by atoms with Gasteiger partial charge in [0.25, 0.3) is 11.5 Å².